The summed E-state index contributed by atoms with van der Waals surface area (Å²) in [4.78, 5) is 10.5. The number of hydrogen-bond donors (Lipinski definition) is 4. The van der Waals surface area contributed by atoms with E-state index >= 15 is 0 Å². The molecule has 0 heterocycles. The van der Waals surface area contributed by atoms with Gasteiger partial charge >= 0.3 is 0 Å². The first-order chi connectivity index (χ1) is 5.49. The van der Waals surface area contributed by atoms with Crippen molar-refractivity contribution < 1.29 is 25.2 Å². The summed E-state index contributed by atoms with van der Waals surface area (Å²) >= 11 is 0. The first-order valence-corrected chi connectivity index (χ1v) is 3.63. The molecular formula is C7H15ClO5. The van der Waals surface area contributed by atoms with E-state index in [-0.39, 0.29) is 24.6 Å². The molecule has 0 spiro atoms. The van der Waals surface area contributed by atoms with E-state index in [1.807, 2.05) is 0 Å². The van der Waals surface area contributed by atoms with Gasteiger partial charge < -0.3 is 20.4 Å². The van der Waals surface area contributed by atoms with E-state index < -0.39 is 24.9 Å². The molecule has 3 atom stereocenters. The summed E-state index contributed by atoms with van der Waals surface area (Å²) in [7, 11) is 0. The maximum Gasteiger partial charge on any atom is 0.132 e. The summed E-state index contributed by atoms with van der Waals surface area (Å²) in [6.07, 6.45) is -4.42. The largest absolute Gasteiger partial charge is 0.394 e. The van der Waals surface area contributed by atoms with Gasteiger partial charge in [-0.25, -0.2) is 0 Å². The number of Topliss-reactive ketones (excluding diaryl/α,β-unsaturated/α-hetero) is 1. The van der Waals surface area contributed by atoms with Gasteiger partial charge in [-0.05, 0) is 6.92 Å². The van der Waals surface area contributed by atoms with Crippen LogP contribution in [0.4, 0.5) is 0 Å². The van der Waals surface area contributed by atoms with Crippen molar-refractivity contribution >= 4 is 18.2 Å². The summed E-state index contributed by atoms with van der Waals surface area (Å²) < 4.78 is 0. The van der Waals surface area contributed by atoms with Crippen LogP contribution in [0.2, 0.25) is 0 Å². The molecule has 4 N–H and O–H groups in total. The molecule has 0 bridgehead atoms. The highest BCUT2D eigenvalue weighted by atomic mass is 35.5. The Balaban J connectivity index is 0. The zero-order valence-electron chi connectivity index (χ0n) is 7.25. The first kappa shape index (κ1) is 15.3. The van der Waals surface area contributed by atoms with Crippen LogP contribution >= 0.6 is 12.4 Å². The molecule has 5 nitrogen and oxygen atoms in total. The summed E-state index contributed by atoms with van der Waals surface area (Å²) in [5.74, 6) is -0.285. The SMILES string of the molecule is CC(=O)C[C@@H](O)[C@H](O)[C@H](O)CO.Cl. The molecule has 0 amide bonds. The fourth-order valence-corrected chi connectivity index (χ4v) is 0.780. The molecule has 0 aromatic carbocycles. The Morgan fingerprint density at radius 2 is 1.69 bits per heavy atom. The van der Waals surface area contributed by atoms with Crippen LogP contribution in [0.1, 0.15) is 13.3 Å². The first-order valence-electron chi connectivity index (χ1n) is 3.63. The molecule has 0 unspecified atom stereocenters. The number of carbonyl (C=O) groups excluding carboxylic acids is 1. The zero-order valence-corrected chi connectivity index (χ0v) is 8.07. The van der Waals surface area contributed by atoms with Crippen LogP contribution in [0.25, 0.3) is 0 Å². The molecule has 0 aliphatic rings. The lowest BCUT2D eigenvalue weighted by atomic mass is 10.0. The lowest BCUT2D eigenvalue weighted by Gasteiger charge is -2.20. The van der Waals surface area contributed by atoms with E-state index in [1.165, 1.54) is 6.92 Å². The average molecular weight is 215 g/mol. The average Bonchev–Trinajstić information content (AvgIpc) is 2.00. The van der Waals surface area contributed by atoms with Crippen molar-refractivity contribution in [2.45, 2.75) is 31.7 Å². The smallest absolute Gasteiger partial charge is 0.132 e. The van der Waals surface area contributed by atoms with Crippen molar-refractivity contribution in [1.29, 1.82) is 0 Å². The Kier molecular flexibility index (Phi) is 8.49. The molecule has 0 rings (SSSR count). The van der Waals surface area contributed by atoms with Gasteiger partial charge in [0.15, 0.2) is 0 Å². The molecule has 0 aromatic heterocycles. The van der Waals surface area contributed by atoms with E-state index in [9.17, 15) is 4.79 Å². The summed E-state index contributed by atoms with van der Waals surface area (Å²) in [5, 5.41) is 35.3. The minimum absolute atomic E-state index is 0. The lowest BCUT2D eigenvalue weighted by Crippen LogP contribution is -2.40. The number of hydrogen-bond acceptors (Lipinski definition) is 5. The standard InChI is InChI=1S/C7H14O5.ClH/c1-4(9)2-5(10)7(12)6(11)3-8;/h5-8,10-12H,2-3H2,1H3;1H/t5-,6-,7+;/m1./s1. The molecule has 0 saturated heterocycles. The quantitative estimate of drug-likeness (QED) is 0.445. The van der Waals surface area contributed by atoms with Gasteiger partial charge in [-0.2, -0.15) is 0 Å². The number of halogens is 1. The maximum atomic E-state index is 10.5. The molecule has 13 heavy (non-hydrogen) atoms. The van der Waals surface area contributed by atoms with Gasteiger partial charge in [0.25, 0.3) is 0 Å². The lowest BCUT2D eigenvalue weighted by molar-refractivity contribution is -0.124. The van der Waals surface area contributed by atoms with Crippen LogP contribution in [-0.2, 0) is 4.79 Å². The molecule has 6 heteroatoms. The van der Waals surface area contributed by atoms with E-state index in [4.69, 9.17) is 20.4 Å². The van der Waals surface area contributed by atoms with E-state index in [0.717, 1.165) is 0 Å². The van der Waals surface area contributed by atoms with Crippen LogP contribution in [0.5, 0.6) is 0 Å². The number of carbonyl (C=O) groups is 1. The van der Waals surface area contributed by atoms with E-state index in [0.29, 0.717) is 0 Å². The molecule has 0 fully saturated rings. The normalized spacial score (nSPS) is 17.0. The highest BCUT2D eigenvalue weighted by Gasteiger charge is 2.24. The molecule has 0 radical (unpaired) electrons. The van der Waals surface area contributed by atoms with Gasteiger partial charge in [-0.15, -0.1) is 12.4 Å². The minimum Gasteiger partial charge on any atom is -0.394 e. The third-order valence-corrected chi connectivity index (χ3v) is 1.47. The monoisotopic (exact) mass is 214 g/mol. The van der Waals surface area contributed by atoms with Crippen LogP contribution in [0.15, 0.2) is 0 Å². The Morgan fingerprint density at radius 3 is 2.00 bits per heavy atom. The third kappa shape index (κ3) is 5.95. The number of aliphatic hydroxyl groups is 4. The van der Waals surface area contributed by atoms with Crippen molar-refractivity contribution in [3.8, 4) is 0 Å². The zero-order chi connectivity index (χ0) is 9.72. The number of rotatable bonds is 5. The Bertz CT molecular complexity index is 152. The van der Waals surface area contributed by atoms with Gasteiger partial charge in [-0.1, -0.05) is 0 Å². The molecular weight excluding hydrogens is 200 g/mol. The highest BCUT2D eigenvalue weighted by molar-refractivity contribution is 5.85. The minimum atomic E-state index is -1.47. The van der Waals surface area contributed by atoms with Crippen LogP contribution in [-0.4, -0.2) is 51.1 Å². The van der Waals surface area contributed by atoms with Crippen molar-refractivity contribution in [3.63, 3.8) is 0 Å². The molecule has 0 saturated carbocycles. The highest BCUT2D eigenvalue weighted by Crippen LogP contribution is 2.04. The summed E-state index contributed by atoms with van der Waals surface area (Å²) in [5.41, 5.74) is 0. The fourth-order valence-electron chi connectivity index (χ4n) is 0.780. The topological polar surface area (TPSA) is 98.0 Å². The second-order valence-corrected chi connectivity index (χ2v) is 2.71. The third-order valence-electron chi connectivity index (χ3n) is 1.47. The van der Waals surface area contributed by atoms with Crippen LogP contribution < -0.4 is 0 Å². The van der Waals surface area contributed by atoms with E-state index in [2.05, 4.69) is 0 Å². The van der Waals surface area contributed by atoms with Gasteiger partial charge in [0.2, 0.25) is 0 Å². The maximum absolute atomic E-state index is 10.5. The van der Waals surface area contributed by atoms with Gasteiger partial charge in [0.1, 0.15) is 18.0 Å². The predicted octanol–water partition coefficient (Wildman–Crippen LogP) is -1.54. The van der Waals surface area contributed by atoms with Crippen molar-refractivity contribution in [3.05, 3.63) is 0 Å². The van der Waals surface area contributed by atoms with Gasteiger partial charge in [-0.3, -0.25) is 4.79 Å². The molecule has 80 valence electrons. The van der Waals surface area contributed by atoms with Crippen molar-refractivity contribution in [2.24, 2.45) is 0 Å². The molecule has 0 aliphatic carbocycles. The number of aliphatic hydroxyl groups excluding tert-OH is 4. The molecule has 0 aliphatic heterocycles. The Hall–Kier alpha value is -0.200. The summed E-state index contributed by atoms with van der Waals surface area (Å²) in [6, 6.07) is 0. The number of ketones is 1. The van der Waals surface area contributed by atoms with E-state index in [1.54, 1.807) is 0 Å². The van der Waals surface area contributed by atoms with Crippen molar-refractivity contribution in [2.75, 3.05) is 6.61 Å². The molecule has 0 aromatic rings. The second kappa shape index (κ2) is 7.23. The fraction of sp³-hybridized carbons (Fsp3) is 0.857. The van der Waals surface area contributed by atoms with Crippen LogP contribution in [0.3, 0.4) is 0 Å². The van der Waals surface area contributed by atoms with Crippen LogP contribution in [0, 0.1) is 0 Å². The van der Waals surface area contributed by atoms with Gasteiger partial charge in [0.05, 0.1) is 12.7 Å². The second-order valence-electron chi connectivity index (χ2n) is 2.71. The van der Waals surface area contributed by atoms with Crippen molar-refractivity contribution in [1.82, 2.24) is 0 Å². The van der Waals surface area contributed by atoms with Gasteiger partial charge in [0, 0.05) is 6.42 Å². The Labute approximate surface area is 82.4 Å². The predicted molar refractivity (Wildman–Crippen MR) is 47.7 cm³/mol. The summed E-state index contributed by atoms with van der Waals surface area (Å²) in [6.45, 7) is 0.622. The Morgan fingerprint density at radius 1 is 1.23 bits per heavy atom.